The highest BCUT2D eigenvalue weighted by atomic mass is 14.9. The van der Waals surface area contributed by atoms with E-state index in [-0.39, 0.29) is 0 Å². The lowest BCUT2D eigenvalue weighted by Crippen LogP contribution is -1.98. The first kappa shape index (κ1) is 31.1. The van der Waals surface area contributed by atoms with E-state index in [1.54, 1.807) is 6.20 Å². The fourth-order valence-corrected chi connectivity index (χ4v) is 7.10. The van der Waals surface area contributed by atoms with Gasteiger partial charge in [0.15, 0.2) is 5.82 Å². The SMILES string of the molecule is CCc1ccccc1-c1c(CC)cccc1-c1ccc(-c2nc(-c3ccccc3)cc(-c3cccc(-c4cccnc4)c3)n2)c2ccccc12. The lowest BCUT2D eigenvalue weighted by Gasteiger charge is -2.19. The predicted molar refractivity (Wildman–Crippen MR) is 209 cm³/mol. The summed E-state index contributed by atoms with van der Waals surface area (Å²) < 4.78 is 0. The lowest BCUT2D eigenvalue weighted by atomic mass is 9.85. The number of aryl methyl sites for hydroxylation is 2. The molecule has 50 heavy (non-hydrogen) atoms. The largest absolute Gasteiger partial charge is 0.264 e. The van der Waals surface area contributed by atoms with Gasteiger partial charge in [-0.15, -0.1) is 0 Å². The molecule has 0 aliphatic rings. The molecular formula is C47H37N3. The van der Waals surface area contributed by atoms with Gasteiger partial charge in [0, 0.05) is 34.6 Å². The van der Waals surface area contributed by atoms with Crippen LogP contribution in [0.2, 0.25) is 0 Å². The van der Waals surface area contributed by atoms with Gasteiger partial charge in [-0.2, -0.15) is 0 Å². The van der Waals surface area contributed by atoms with Crippen LogP contribution in [-0.4, -0.2) is 15.0 Å². The second kappa shape index (κ2) is 13.7. The third-order valence-electron chi connectivity index (χ3n) is 9.60. The molecule has 6 aromatic carbocycles. The van der Waals surface area contributed by atoms with Gasteiger partial charge in [-0.05, 0) is 86.8 Å². The van der Waals surface area contributed by atoms with Crippen LogP contribution in [0.4, 0.5) is 0 Å². The highest BCUT2D eigenvalue weighted by Gasteiger charge is 2.19. The monoisotopic (exact) mass is 643 g/mol. The highest BCUT2D eigenvalue weighted by molar-refractivity contribution is 6.06. The van der Waals surface area contributed by atoms with Crippen LogP contribution >= 0.6 is 0 Å². The van der Waals surface area contributed by atoms with Gasteiger partial charge in [-0.25, -0.2) is 9.97 Å². The molecule has 3 nitrogen and oxygen atoms in total. The quantitative estimate of drug-likeness (QED) is 0.165. The molecule has 0 radical (unpaired) electrons. The summed E-state index contributed by atoms with van der Waals surface area (Å²) in [4.78, 5) is 14.8. The maximum absolute atomic E-state index is 5.28. The van der Waals surface area contributed by atoms with Gasteiger partial charge in [-0.3, -0.25) is 4.98 Å². The maximum atomic E-state index is 5.28. The van der Waals surface area contributed by atoms with Crippen molar-refractivity contribution in [2.24, 2.45) is 0 Å². The van der Waals surface area contributed by atoms with Crippen molar-refractivity contribution in [3.8, 4) is 67.3 Å². The van der Waals surface area contributed by atoms with Crippen LogP contribution in [0.1, 0.15) is 25.0 Å². The molecule has 0 atom stereocenters. The Morgan fingerprint density at radius 3 is 1.80 bits per heavy atom. The summed E-state index contributed by atoms with van der Waals surface area (Å²) in [5.74, 6) is 0.703. The van der Waals surface area contributed by atoms with Gasteiger partial charge in [0.2, 0.25) is 0 Å². The summed E-state index contributed by atoms with van der Waals surface area (Å²) in [5.41, 5.74) is 14.8. The molecule has 0 aliphatic heterocycles. The lowest BCUT2D eigenvalue weighted by molar-refractivity contribution is 1.12. The minimum Gasteiger partial charge on any atom is -0.264 e. The molecule has 240 valence electrons. The first-order valence-corrected chi connectivity index (χ1v) is 17.4. The summed E-state index contributed by atoms with van der Waals surface area (Å²) in [6.07, 6.45) is 5.64. The van der Waals surface area contributed by atoms with E-state index >= 15 is 0 Å². The van der Waals surface area contributed by atoms with Gasteiger partial charge in [0.1, 0.15) is 0 Å². The maximum Gasteiger partial charge on any atom is 0.161 e. The number of hydrogen-bond donors (Lipinski definition) is 0. The standard InChI is InChI=1S/C47H37N3/c1-3-32-15-8-9-22-38(32)46-33(4-2)18-13-25-42(46)41-26-27-43(40-24-11-10-23-39(40)41)47-49-44(34-16-6-5-7-17-34)30-45(50-47)36-20-12-19-35(29-36)37-21-14-28-48-31-37/h5-31H,3-4H2,1-2H3. The third kappa shape index (κ3) is 5.88. The Hall–Kier alpha value is -6.19. The van der Waals surface area contributed by atoms with E-state index in [0.717, 1.165) is 57.4 Å². The molecule has 0 spiro atoms. The van der Waals surface area contributed by atoms with Crippen LogP contribution in [0.25, 0.3) is 78.1 Å². The average Bonchev–Trinajstić information content (AvgIpc) is 3.20. The number of rotatable bonds is 8. The molecule has 2 aromatic heterocycles. The van der Waals surface area contributed by atoms with Crippen LogP contribution in [0.15, 0.2) is 164 Å². The number of nitrogens with zero attached hydrogens (tertiary/aromatic N) is 3. The molecule has 0 fully saturated rings. The van der Waals surface area contributed by atoms with Gasteiger partial charge in [0.05, 0.1) is 11.4 Å². The first-order chi connectivity index (χ1) is 24.7. The summed E-state index contributed by atoms with van der Waals surface area (Å²) >= 11 is 0. The Morgan fingerprint density at radius 1 is 0.420 bits per heavy atom. The number of hydrogen-bond acceptors (Lipinski definition) is 3. The molecule has 0 unspecified atom stereocenters. The summed E-state index contributed by atoms with van der Waals surface area (Å²) in [5, 5.41) is 2.31. The number of aromatic nitrogens is 3. The minimum atomic E-state index is 0.703. The molecule has 0 N–H and O–H groups in total. The Labute approximate surface area is 294 Å². The van der Waals surface area contributed by atoms with E-state index in [9.17, 15) is 0 Å². The molecule has 0 saturated heterocycles. The predicted octanol–water partition coefficient (Wildman–Crippen LogP) is 12.2. The molecule has 0 aliphatic carbocycles. The second-order valence-corrected chi connectivity index (χ2v) is 12.6. The molecule has 0 bridgehead atoms. The third-order valence-corrected chi connectivity index (χ3v) is 9.60. The van der Waals surface area contributed by atoms with E-state index in [2.05, 4.69) is 158 Å². The Morgan fingerprint density at radius 2 is 1.02 bits per heavy atom. The Balaban J connectivity index is 1.33. The van der Waals surface area contributed by atoms with Gasteiger partial charge >= 0.3 is 0 Å². The Bertz CT molecular complexity index is 2450. The highest BCUT2D eigenvalue weighted by Crippen LogP contribution is 2.42. The summed E-state index contributed by atoms with van der Waals surface area (Å²) in [6, 6.07) is 53.8. The van der Waals surface area contributed by atoms with Gasteiger partial charge in [-0.1, -0.05) is 141 Å². The molecule has 3 heteroatoms. The first-order valence-electron chi connectivity index (χ1n) is 17.4. The Kier molecular flexibility index (Phi) is 8.54. The normalized spacial score (nSPS) is 11.2. The molecule has 0 saturated carbocycles. The van der Waals surface area contributed by atoms with Gasteiger partial charge in [0.25, 0.3) is 0 Å². The fourth-order valence-electron chi connectivity index (χ4n) is 7.10. The molecule has 0 amide bonds. The van der Waals surface area contributed by atoms with Crippen LogP contribution in [-0.2, 0) is 12.8 Å². The van der Waals surface area contributed by atoms with E-state index in [4.69, 9.17) is 9.97 Å². The number of pyridine rings is 1. The zero-order chi connectivity index (χ0) is 33.9. The topological polar surface area (TPSA) is 38.7 Å². The van der Waals surface area contributed by atoms with Crippen molar-refractivity contribution in [3.63, 3.8) is 0 Å². The van der Waals surface area contributed by atoms with Crippen LogP contribution in [0.5, 0.6) is 0 Å². The van der Waals surface area contributed by atoms with Crippen molar-refractivity contribution in [2.75, 3.05) is 0 Å². The van der Waals surface area contributed by atoms with E-state index in [1.165, 1.54) is 38.8 Å². The van der Waals surface area contributed by atoms with Crippen molar-refractivity contribution in [2.45, 2.75) is 26.7 Å². The molecular weight excluding hydrogens is 607 g/mol. The van der Waals surface area contributed by atoms with E-state index in [1.807, 2.05) is 18.3 Å². The van der Waals surface area contributed by atoms with Crippen molar-refractivity contribution in [1.29, 1.82) is 0 Å². The van der Waals surface area contributed by atoms with Crippen LogP contribution < -0.4 is 0 Å². The molecule has 2 heterocycles. The molecule has 8 aromatic rings. The van der Waals surface area contributed by atoms with Crippen molar-refractivity contribution in [1.82, 2.24) is 15.0 Å². The minimum absolute atomic E-state index is 0.703. The summed E-state index contributed by atoms with van der Waals surface area (Å²) in [6.45, 7) is 4.49. The van der Waals surface area contributed by atoms with E-state index in [0.29, 0.717) is 5.82 Å². The zero-order valence-corrected chi connectivity index (χ0v) is 28.3. The summed E-state index contributed by atoms with van der Waals surface area (Å²) in [7, 11) is 0. The number of benzene rings is 6. The van der Waals surface area contributed by atoms with Gasteiger partial charge < -0.3 is 0 Å². The van der Waals surface area contributed by atoms with Crippen molar-refractivity contribution >= 4 is 10.8 Å². The zero-order valence-electron chi connectivity index (χ0n) is 28.3. The van der Waals surface area contributed by atoms with Crippen molar-refractivity contribution in [3.05, 3.63) is 175 Å². The van der Waals surface area contributed by atoms with Crippen molar-refractivity contribution < 1.29 is 0 Å². The van der Waals surface area contributed by atoms with Crippen LogP contribution in [0, 0.1) is 0 Å². The second-order valence-electron chi connectivity index (χ2n) is 12.6. The average molecular weight is 644 g/mol. The molecule has 8 rings (SSSR count). The van der Waals surface area contributed by atoms with Crippen LogP contribution in [0.3, 0.4) is 0 Å². The fraction of sp³-hybridized carbons (Fsp3) is 0.0851. The number of fused-ring (bicyclic) bond motifs is 1. The smallest absolute Gasteiger partial charge is 0.161 e. The van der Waals surface area contributed by atoms with E-state index < -0.39 is 0 Å².